The van der Waals surface area contributed by atoms with E-state index in [2.05, 4.69) is 0 Å². The summed E-state index contributed by atoms with van der Waals surface area (Å²) in [6.07, 6.45) is -0.925. The number of hydrogen-bond acceptors (Lipinski definition) is 4. The summed E-state index contributed by atoms with van der Waals surface area (Å²) in [7, 11) is 0. The topological polar surface area (TPSA) is 69.6 Å². The van der Waals surface area contributed by atoms with Crippen LogP contribution in [0.1, 0.15) is 30.1 Å². The van der Waals surface area contributed by atoms with E-state index in [-0.39, 0.29) is 37.5 Å². The number of carboxylic acids is 1. The second-order valence-electron chi connectivity index (χ2n) is 4.91. The molecule has 1 N–H and O–H groups in total. The molecule has 0 bridgehead atoms. The third-order valence-corrected chi connectivity index (χ3v) is 3.21. The van der Waals surface area contributed by atoms with Gasteiger partial charge in [0, 0.05) is 5.97 Å². The van der Waals surface area contributed by atoms with Crippen molar-refractivity contribution in [2.45, 2.75) is 25.6 Å². The van der Waals surface area contributed by atoms with Gasteiger partial charge in [0.15, 0.2) is 0 Å². The van der Waals surface area contributed by atoms with E-state index < -0.39 is 12.1 Å². The number of benzene rings is 2. The Morgan fingerprint density at radius 3 is 2.30 bits per heavy atom. The van der Waals surface area contributed by atoms with Crippen molar-refractivity contribution in [1.29, 1.82) is 0 Å². The molecule has 4 nitrogen and oxygen atoms in total. The van der Waals surface area contributed by atoms with Crippen LogP contribution in [-0.4, -0.2) is 11.1 Å². The van der Waals surface area contributed by atoms with E-state index in [4.69, 9.17) is 4.74 Å². The van der Waals surface area contributed by atoms with Crippen molar-refractivity contribution < 1.29 is 43.0 Å². The molecule has 2 aromatic rings. The zero-order valence-electron chi connectivity index (χ0n) is 12.9. The standard InChI is InChI=1S/C17H17FO4.Li/c18-14-5-1-12(2-6-14)11-22-15-7-3-13(4-8-15)16(19)9-10-17(20)21;/h1-8,16,19H,9-11H2,(H,20,21);/q;+1/p-1. The molecule has 0 spiro atoms. The average molecular weight is 310 g/mol. The average Bonchev–Trinajstić information content (AvgIpc) is 2.52. The monoisotopic (exact) mass is 310 g/mol. The second kappa shape index (κ2) is 9.36. The summed E-state index contributed by atoms with van der Waals surface area (Å²) in [6, 6.07) is 12.8. The molecule has 1 unspecified atom stereocenters. The minimum atomic E-state index is -1.18. The van der Waals surface area contributed by atoms with E-state index in [0.29, 0.717) is 17.9 Å². The number of aliphatic carboxylic acids is 1. The van der Waals surface area contributed by atoms with Crippen molar-refractivity contribution in [2.24, 2.45) is 0 Å². The fraction of sp³-hybridized carbons (Fsp3) is 0.235. The first-order chi connectivity index (χ1) is 10.5. The molecule has 0 amide bonds. The number of halogens is 1. The Bertz CT molecular complexity index is 613. The summed E-state index contributed by atoms with van der Waals surface area (Å²) in [5, 5.41) is 20.2. The quantitative estimate of drug-likeness (QED) is 0.664. The Balaban J connectivity index is 0.00000264. The van der Waals surface area contributed by atoms with Crippen molar-refractivity contribution in [3.8, 4) is 5.75 Å². The predicted molar refractivity (Wildman–Crippen MR) is 76.4 cm³/mol. The fourth-order valence-electron chi connectivity index (χ4n) is 1.95. The van der Waals surface area contributed by atoms with Gasteiger partial charge < -0.3 is 19.7 Å². The first-order valence-corrected chi connectivity index (χ1v) is 6.89. The van der Waals surface area contributed by atoms with Gasteiger partial charge in [-0.05, 0) is 48.2 Å². The molecule has 2 aromatic carbocycles. The first-order valence-electron chi connectivity index (χ1n) is 6.89. The van der Waals surface area contributed by atoms with Crippen LogP contribution >= 0.6 is 0 Å². The molecular formula is C17H16FLiO4. The number of carboxylic acid groups (broad SMARTS) is 1. The zero-order valence-corrected chi connectivity index (χ0v) is 12.9. The number of hydrogen-bond donors (Lipinski definition) is 1. The third-order valence-electron chi connectivity index (χ3n) is 3.21. The molecule has 2 rings (SSSR count). The molecule has 0 aliphatic carbocycles. The molecule has 1 atom stereocenters. The molecule has 0 aromatic heterocycles. The molecule has 0 aliphatic rings. The van der Waals surface area contributed by atoms with Crippen molar-refractivity contribution in [3.05, 3.63) is 65.5 Å². The van der Waals surface area contributed by atoms with E-state index in [0.717, 1.165) is 5.56 Å². The molecule has 116 valence electrons. The molecule has 0 saturated heterocycles. The zero-order chi connectivity index (χ0) is 15.9. The largest absolute Gasteiger partial charge is 1.00 e. The molecule has 0 radical (unpaired) electrons. The summed E-state index contributed by atoms with van der Waals surface area (Å²) in [4.78, 5) is 10.4. The van der Waals surface area contributed by atoms with Crippen molar-refractivity contribution in [3.63, 3.8) is 0 Å². The van der Waals surface area contributed by atoms with Crippen molar-refractivity contribution in [1.82, 2.24) is 0 Å². The van der Waals surface area contributed by atoms with Gasteiger partial charge in [0.2, 0.25) is 0 Å². The molecule has 6 heteroatoms. The normalized spacial score (nSPS) is 11.4. The Morgan fingerprint density at radius 2 is 1.74 bits per heavy atom. The van der Waals surface area contributed by atoms with Crippen LogP contribution in [0.3, 0.4) is 0 Å². The fourth-order valence-corrected chi connectivity index (χ4v) is 1.95. The van der Waals surface area contributed by atoms with Gasteiger partial charge in [-0.2, -0.15) is 0 Å². The van der Waals surface area contributed by atoms with E-state index in [9.17, 15) is 19.4 Å². The third kappa shape index (κ3) is 6.45. The smallest absolute Gasteiger partial charge is 0.550 e. The minimum Gasteiger partial charge on any atom is -0.550 e. The van der Waals surface area contributed by atoms with Crippen LogP contribution in [0.5, 0.6) is 5.75 Å². The van der Waals surface area contributed by atoms with E-state index in [1.54, 1.807) is 36.4 Å². The van der Waals surface area contributed by atoms with Crippen molar-refractivity contribution in [2.75, 3.05) is 0 Å². The summed E-state index contributed by atoms with van der Waals surface area (Å²) in [5.41, 5.74) is 1.47. The minimum absolute atomic E-state index is 0. The maximum atomic E-state index is 12.8. The summed E-state index contributed by atoms with van der Waals surface area (Å²) in [5.74, 6) is -0.864. The number of carbonyl (C=O) groups is 1. The van der Waals surface area contributed by atoms with Crippen LogP contribution in [0.2, 0.25) is 0 Å². The van der Waals surface area contributed by atoms with Gasteiger partial charge in [0.05, 0.1) is 6.10 Å². The number of aliphatic hydroxyl groups is 1. The van der Waals surface area contributed by atoms with Gasteiger partial charge in [-0.15, -0.1) is 0 Å². The molecule has 0 heterocycles. The molecule has 0 aliphatic heterocycles. The second-order valence-corrected chi connectivity index (χ2v) is 4.91. The molecule has 23 heavy (non-hydrogen) atoms. The number of rotatable bonds is 7. The molecule has 0 saturated carbocycles. The molecule has 0 fully saturated rings. The van der Waals surface area contributed by atoms with Crippen LogP contribution in [0.4, 0.5) is 4.39 Å². The van der Waals surface area contributed by atoms with Gasteiger partial charge in [0.25, 0.3) is 0 Å². The predicted octanol–water partition coefficient (Wildman–Crippen LogP) is -1.03. The summed E-state index contributed by atoms with van der Waals surface area (Å²) >= 11 is 0. The Hall–Kier alpha value is -1.80. The van der Waals surface area contributed by atoms with Gasteiger partial charge in [-0.1, -0.05) is 24.3 Å². The van der Waals surface area contributed by atoms with Crippen molar-refractivity contribution >= 4 is 5.97 Å². The summed E-state index contributed by atoms with van der Waals surface area (Å²) < 4.78 is 18.3. The Labute approximate surface area is 146 Å². The summed E-state index contributed by atoms with van der Waals surface area (Å²) in [6.45, 7) is 0.312. The van der Waals surface area contributed by atoms with Gasteiger partial charge >= 0.3 is 18.9 Å². The van der Waals surface area contributed by atoms with Crippen LogP contribution in [0.15, 0.2) is 48.5 Å². The SMILES string of the molecule is O=C([O-])CCC(O)c1ccc(OCc2ccc(F)cc2)cc1.[Li+]. The first kappa shape index (κ1) is 19.2. The van der Waals surface area contributed by atoms with Crippen LogP contribution in [0, 0.1) is 5.82 Å². The van der Waals surface area contributed by atoms with Crippen LogP contribution < -0.4 is 28.7 Å². The number of ether oxygens (including phenoxy) is 1. The van der Waals surface area contributed by atoms with Gasteiger partial charge in [-0.25, -0.2) is 4.39 Å². The maximum absolute atomic E-state index is 12.8. The van der Waals surface area contributed by atoms with Gasteiger partial charge in [-0.3, -0.25) is 0 Å². The number of carbonyl (C=O) groups excluding carboxylic acids is 1. The van der Waals surface area contributed by atoms with Gasteiger partial charge in [0.1, 0.15) is 18.2 Å². The van der Waals surface area contributed by atoms with Crippen LogP contribution in [0.25, 0.3) is 0 Å². The Morgan fingerprint density at radius 1 is 1.13 bits per heavy atom. The van der Waals surface area contributed by atoms with Crippen LogP contribution in [-0.2, 0) is 11.4 Å². The molecular weight excluding hydrogens is 294 g/mol. The number of aliphatic hydroxyl groups excluding tert-OH is 1. The van der Waals surface area contributed by atoms with E-state index >= 15 is 0 Å². The van der Waals surface area contributed by atoms with E-state index in [1.165, 1.54) is 12.1 Å². The maximum Gasteiger partial charge on any atom is 1.00 e. The Kier molecular flexibility index (Phi) is 7.83. The van der Waals surface area contributed by atoms with E-state index in [1.807, 2.05) is 0 Å².